The van der Waals surface area contributed by atoms with Gasteiger partial charge in [-0.1, -0.05) is 57.0 Å². The molecular formula is C15H24N2O. The van der Waals surface area contributed by atoms with Crippen molar-refractivity contribution in [2.24, 2.45) is 5.73 Å². The van der Waals surface area contributed by atoms with E-state index in [9.17, 15) is 4.79 Å². The van der Waals surface area contributed by atoms with E-state index in [1.165, 1.54) is 5.56 Å². The minimum absolute atomic E-state index is 0.0359. The van der Waals surface area contributed by atoms with Crippen LogP contribution in [-0.4, -0.2) is 18.5 Å². The van der Waals surface area contributed by atoms with Crippen molar-refractivity contribution in [3.8, 4) is 0 Å². The highest BCUT2D eigenvalue weighted by molar-refractivity contribution is 5.81. The Hall–Kier alpha value is -1.35. The maximum Gasteiger partial charge on any atom is 0.236 e. The van der Waals surface area contributed by atoms with Gasteiger partial charge in [-0.3, -0.25) is 4.79 Å². The van der Waals surface area contributed by atoms with E-state index in [-0.39, 0.29) is 11.9 Å². The molecule has 1 aromatic rings. The number of nitrogens with one attached hydrogen (secondary N) is 1. The van der Waals surface area contributed by atoms with Crippen molar-refractivity contribution in [3.63, 3.8) is 0 Å². The van der Waals surface area contributed by atoms with Gasteiger partial charge < -0.3 is 11.1 Å². The summed E-state index contributed by atoms with van der Waals surface area (Å²) in [5.74, 6) is 0.278. The van der Waals surface area contributed by atoms with Crippen molar-refractivity contribution in [1.29, 1.82) is 0 Å². The Balaban J connectivity index is 2.34. The van der Waals surface area contributed by atoms with Crippen LogP contribution >= 0.6 is 0 Å². The van der Waals surface area contributed by atoms with Crippen LogP contribution < -0.4 is 11.1 Å². The smallest absolute Gasteiger partial charge is 0.236 e. The molecule has 0 aliphatic rings. The van der Waals surface area contributed by atoms with Crippen molar-refractivity contribution in [2.45, 2.75) is 45.1 Å². The van der Waals surface area contributed by atoms with E-state index in [0.717, 1.165) is 19.3 Å². The molecule has 2 atom stereocenters. The lowest BCUT2D eigenvalue weighted by Crippen LogP contribution is -2.41. The maximum atomic E-state index is 11.7. The number of carbonyl (C=O) groups is 1. The Morgan fingerprint density at radius 1 is 1.33 bits per heavy atom. The first-order valence-corrected chi connectivity index (χ1v) is 6.73. The highest BCUT2D eigenvalue weighted by atomic mass is 16.2. The van der Waals surface area contributed by atoms with Gasteiger partial charge >= 0.3 is 0 Å². The van der Waals surface area contributed by atoms with Crippen molar-refractivity contribution < 1.29 is 4.79 Å². The van der Waals surface area contributed by atoms with Gasteiger partial charge in [-0.05, 0) is 17.9 Å². The van der Waals surface area contributed by atoms with Gasteiger partial charge in [-0.25, -0.2) is 0 Å². The van der Waals surface area contributed by atoms with E-state index < -0.39 is 0 Å². The maximum absolute atomic E-state index is 11.7. The number of nitrogens with two attached hydrogens (primary N) is 1. The van der Waals surface area contributed by atoms with Crippen LogP contribution in [0.15, 0.2) is 30.3 Å². The summed E-state index contributed by atoms with van der Waals surface area (Å²) in [5.41, 5.74) is 7.05. The van der Waals surface area contributed by atoms with E-state index in [1.54, 1.807) is 0 Å². The summed E-state index contributed by atoms with van der Waals surface area (Å²) in [6.45, 7) is 4.85. The second-order valence-electron chi connectivity index (χ2n) is 4.81. The summed E-state index contributed by atoms with van der Waals surface area (Å²) in [6, 6.07) is 9.81. The molecule has 0 aliphatic carbocycles. The molecule has 0 saturated heterocycles. The van der Waals surface area contributed by atoms with Crippen molar-refractivity contribution in [2.75, 3.05) is 6.54 Å². The second-order valence-corrected chi connectivity index (χ2v) is 4.81. The first-order chi connectivity index (χ1) is 8.65. The van der Waals surface area contributed by atoms with Crippen LogP contribution in [0.4, 0.5) is 0 Å². The van der Waals surface area contributed by atoms with E-state index in [1.807, 2.05) is 18.2 Å². The Morgan fingerprint density at radius 3 is 2.61 bits per heavy atom. The standard InChI is InChI=1S/C15H24N2O/c1-3-4-10-14(16)15(18)17-11-12(2)13-8-6-5-7-9-13/h5-9,12,14H,3-4,10-11,16H2,1-2H3,(H,17,18)/t12?,14-/m0/s1. The number of amides is 1. The number of carbonyl (C=O) groups excluding carboxylic acids is 1. The van der Waals surface area contributed by atoms with Gasteiger partial charge in [0.05, 0.1) is 6.04 Å². The number of hydrogen-bond donors (Lipinski definition) is 2. The SMILES string of the molecule is CCCC[C@H](N)C(=O)NCC(C)c1ccccc1. The lowest BCUT2D eigenvalue weighted by molar-refractivity contribution is -0.122. The van der Waals surface area contributed by atoms with Gasteiger partial charge in [0.1, 0.15) is 0 Å². The van der Waals surface area contributed by atoms with Crippen LogP contribution in [0.5, 0.6) is 0 Å². The van der Waals surface area contributed by atoms with E-state index >= 15 is 0 Å². The van der Waals surface area contributed by atoms with Crippen LogP contribution in [0.2, 0.25) is 0 Å². The third-order valence-corrected chi connectivity index (χ3v) is 3.16. The van der Waals surface area contributed by atoms with Crippen molar-refractivity contribution >= 4 is 5.91 Å². The molecule has 1 amide bonds. The second kappa shape index (κ2) is 7.88. The Kier molecular flexibility index (Phi) is 6.44. The highest BCUT2D eigenvalue weighted by Gasteiger charge is 2.13. The zero-order valence-corrected chi connectivity index (χ0v) is 11.4. The van der Waals surface area contributed by atoms with Crippen LogP contribution in [0.1, 0.15) is 44.6 Å². The molecule has 0 radical (unpaired) electrons. The monoisotopic (exact) mass is 248 g/mol. The van der Waals surface area contributed by atoms with Crippen LogP contribution in [0.25, 0.3) is 0 Å². The molecule has 18 heavy (non-hydrogen) atoms. The minimum atomic E-state index is -0.368. The molecule has 0 spiro atoms. The Morgan fingerprint density at radius 2 is 2.00 bits per heavy atom. The number of benzene rings is 1. The fourth-order valence-corrected chi connectivity index (χ4v) is 1.84. The van der Waals surface area contributed by atoms with Crippen molar-refractivity contribution in [3.05, 3.63) is 35.9 Å². The molecule has 0 saturated carbocycles. The molecule has 0 heterocycles. The molecule has 1 aromatic carbocycles. The quantitative estimate of drug-likeness (QED) is 0.778. The summed E-state index contributed by atoms with van der Waals surface area (Å²) in [6.07, 6.45) is 2.84. The Bertz CT molecular complexity index is 351. The predicted molar refractivity (Wildman–Crippen MR) is 75.4 cm³/mol. The van der Waals surface area contributed by atoms with Gasteiger partial charge in [0.25, 0.3) is 0 Å². The molecule has 0 fully saturated rings. The highest BCUT2D eigenvalue weighted by Crippen LogP contribution is 2.13. The molecule has 100 valence electrons. The topological polar surface area (TPSA) is 55.1 Å². The van der Waals surface area contributed by atoms with Crippen LogP contribution in [0.3, 0.4) is 0 Å². The molecular weight excluding hydrogens is 224 g/mol. The fourth-order valence-electron chi connectivity index (χ4n) is 1.84. The summed E-state index contributed by atoms with van der Waals surface area (Å²) in [4.78, 5) is 11.7. The average molecular weight is 248 g/mol. The summed E-state index contributed by atoms with van der Waals surface area (Å²) >= 11 is 0. The summed E-state index contributed by atoms with van der Waals surface area (Å²) in [5, 5.41) is 2.93. The summed E-state index contributed by atoms with van der Waals surface area (Å²) in [7, 11) is 0. The molecule has 0 aromatic heterocycles. The van der Waals surface area contributed by atoms with E-state index in [4.69, 9.17) is 5.73 Å². The fraction of sp³-hybridized carbons (Fsp3) is 0.533. The van der Waals surface area contributed by atoms with Gasteiger partial charge in [-0.2, -0.15) is 0 Å². The van der Waals surface area contributed by atoms with Gasteiger partial charge in [0.15, 0.2) is 0 Å². The zero-order chi connectivity index (χ0) is 13.4. The Labute approximate surface area is 110 Å². The first kappa shape index (κ1) is 14.7. The molecule has 3 N–H and O–H groups in total. The molecule has 3 heteroatoms. The largest absolute Gasteiger partial charge is 0.354 e. The number of unbranched alkanes of at least 4 members (excludes halogenated alkanes) is 1. The van der Waals surface area contributed by atoms with Gasteiger partial charge in [-0.15, -0.1) is 0 Å². The van der Waals surface area contributed by atoms with Gasteiger partial charge in [0, 0.05) is 6.54 Å². The molecule has 0 aliphatic heterocycles. The minimum Gasteiger partial charge on any atom is -0.354 e. The van der Waals surface area contributed by atoms with Gasteiger partial charge in [0.2, 0.25) is 5.91 Å². The third kappa shape index (κ3) is 4.88. The number of rotatable bonds is 7. The third-order valence-electron chi connectivity index (χ3n) is 3.16. The number of hydrogen-bond acceptors (Lipinski definition) is 2. The van der Waals surface area contributed by atoms with Crippen molar-refractivity contribution in [1.82, 2.24) is 5.32 Å². The molecule has 1 rings (SSSR count). The molecule has 1 unspecified atom stereocenters. The predicted octanol–water partition coefficient (Wildman–Crippen LogP) is 2.42. The molecule has 3 nitrogen and oxygen atoms in total. The van der Waals surface area contributed by atoms with E-state index in [0.29, 0.717) is 12.5 Å². The van der Waals surface area contributed by atoms with Crippen LogP contribution in [0, 0.1) is 0 Å². The summed E-state index contributed by atoms with van der Waals surface area (Å²) < 4.78 is 0. The average Bonchev–Trinajstić information content (AvgIpc) is 2.42. The lowest BCUT2D eigenvalue weighted by atomic mass is 10.0. The van der Waals surface area contributed by atoms with Crippen LogP contribution in [-0.2, 0) is 4.79 Å². The normalized spacial score (nSPS) is 13.9. The first-order valence-electron chi connectivity index (χ1n) is 6.73. The molecule has 0 bridgehead atoms. The van der Waals surface area contributed by atoms with E-state index in [2.05, 4.69) is 31.3 Å². The lowest BCUT2D eigenvalue weighted by Gasteiger charge is -2.16. The zero-order valence-electron chi connectivity index (χ0n) is 11.4.